The highest BCUT2D eigenvalue weighted by molar-refractivity contribution is 7.99. The average Bonchev–Trinajstić information content (AvgIpc) is 3.10. The molecule has 0 spiro atoms. The summed E-state index contributed by atoms with van der Waals surface area (Å²) in [6.07, 6.45) is 0. The summed E-state index contributed by atoms with van der Waals surface area (Å²) in [7, 11) is 1.62. The number of carbonyl (C=O) groups is 1. The third-order valence-electron chi connectivity index (χ3n) is 4.36. The van der Waals surface area contributed by atoms with Crippen molar-refractivity contribution in [2.45, 2.75) is 37.9 Å². The highest BCUT2D eigenvalue weighted by Crippen LogP contribution is 2.25. The van der Waals surface area contributed by atoms with Gasteiger partial charge in [0.15, 0.2) is 11.0 Å². The van der Waals surface area contributed by atoms with Crippen LogP contribution in [0.1, 0.15) is 32.2 Å². The minimum absolute atomic E-state index is 0.0832. The molecule has 0 aliphatic rings. The summed E-state index contributed by atoms with van der Waals surface area (Å²) in [5, 5.41) is 12.1. The van der Waals surface area contributed by atoms with Crippen LogP contribution in [0.25, 0.3) is 5.69 Å². The zero-order chi connectivity index (χ0) is 20.9. The van der Waals surface area contributed by atoms with E-state index in [0.29, 0.717) is 17.6 Å². The van der Waals surface area contributed by atoms with E-state index in [-0.39, 0.29) is 17.1 Å². The van der Waals surface area contributed by atoms with E-state index in [1.807, 2.05) is 59.2 Å². The van der Waals surface area contributed by atoms with Crippen LogP contribution in [0.4, 0.5) is 5.69 Å². The fraction of sp³-hybridized carbons (Fsp3) is 0.318. The van der Waals surface area contributed by atoms with Crippen LogP contribution >= 0.6 is 11.8 Å². The highest BCUT2D eigenvalue weighted by atomic mass is 32.2. The number of nitrogens with one attached hydrogen (secondary N) is 1. The van der Waals surface area contributed by atoms with E-state index < -0.39 is 0 Å². The smallest absolute Gasteiger partial charge is 0.234 e. The predicted octanol–water partition coefficient (Wildman–Crippen LogP) is 4.44. The molecule has 1 N–H and O–H groups in total. The number of para-hydroxylation sites is 1. The minimum atomic E-state index is -0.0885. The second kappa shape index (κ2) is 9.24. The Morgan fingerprint density at radius 1 is 1.07 bits per heavy atom. The SMILES string of the molecule is COCc1nnc(SCC(=O)Nc2ccc(C(C)(C)C)cc2)n1-c1ccccc1. The summed E-state index contributed by atoms with van der Waals surface area (Å²) in [5.74, 6) is 0.840. The fourth-order valence-corrected chi connectivity index (χ4v) is 3.60. The molecule has 0 aliphatic heterocycles. The van der Waals surface area contributed by atoms with Gasteiger partial charge in [0.1, 0.15) is 6.61 Å². The van der Waals surface area contributed by atoms with Gasteiger partial charge in [0.25, 0.3) is 0 Å². The van der Waals surface area contributed by atoms with Gasteiger partial charge in [-0.3, -0.25) is 9.36 Å². The maximum Gasteiger partial charge on any atom is 0.234 e. The maximum absolute atomic E-state index is 12.4. The first-order valence-corrected chi connectivity index (χ1v) is 10.4. The number of anilines is 1. The molecule has 0 atom stereocenters. The van der Waals surface area contributed by atoms with E-state index >= 15 is 0 Å². The number of amides is 1. The van der Waals surface area contributed by atoms with Crippen LogP contribution in [0, 0.1) is 0 Å². The Kier molecular flexibility index (Phi) is 6.71. The summed E-state index contributed by atoms with van der Waals surface area (Å²) >= 11 is 1.35. The van der Waals surface area contributed by atoms with E-state index in [2.05, 4.69) is 36.3 Å². The molecule has 0 saturated heterocycles. The first kappa shape index (κ1) is 21.1. The quantitative estimate of drug-likeness (QED) is 0.583. The molecule has 1 heterocycles. The molecule has 0 radical (unpaired) electrons. The van der Waals surface area contributed by atoms with Crippen molar-refractivity contribution < 1.29 is 9.53 Å². The molecule has 0 fully saturated rings. The maximum atomic E-state index is 12.4. The number of thioether (sulfide) groups is 1. The third-order valence-corrected chi connectivity index (χ3v) is 5.28. The number of carbonyl (C=O) groups excluding carboxylic acids is 1. The molecular weight excluding hydrogens is 384 g/mol. The van der Waals surface area contributed by atoms with Crippen molar-refractivity contribution in [1.82, 2.24) is 14.8 Å². The predicted molar refractivity (Wildman–Crippen MR) is 117 cm³/mol. The van der Waals surface area contributed by atoms with Crippen LogP contribution in [0.2, 0.25) is 0 Å². The lowest BCUT2D eigenvalue weighted by molar-refractivity contribution is -0.113. The molecule has 3 rings (SSSR count). The van der Waals surface area contributed by atoms with Crippen LogP contribution < -0.4 is 5.32 Å². The summed E-state index contributed by atoms with van der Waals surface area (Å²) in [4.78, 5) is 12.4. The number of hydrogen-bond donors (Lipinski definition) is 1. The van der Waals surface area contributed by atoms with Gasteiger partial charge in [-0.15, -0.1) is 10.2 Å². The van der Waals surface area contributed by atoms with E-state index in [1.165, 1.54) is 17.3 Å². The summed E-state index contributed by atoms with van der Waals surface area (Å²) in [6, 6.07) is 17.8. The molecule has 3 aromatic rings. The Hall–Kier alpha value is -2.64. The molecule has 1 aromatic heterocycles. The van der Waals surface area contributed by atoms with Gasteiger partial charge in [0.2, 0.25) is 5.91 Å². The van der Waals surface area contributed by atoms with Crippen molar-refractivity contribution in [2.75, 3.05) is 18.2 Å². The van der Waals surface area contributed by atoms with Crippen LogP contribution in [-0.2, 0) is 21.6 Å². The molecule has 1 amide bonds. The van der Waals surface area contributed by atoms with Gasteiger partial charge in [-0.05, 0) is 35.2 Å². The summed E-state index contributed by atoms with van der Waals surface area (Å²) in [6.45, 7) is 6.84. The number of benzene rings is 2. The molecule has 0 aliphatic carbocycles. The number of rotatable bonds is 7. The Morgan fingerprint density at radius 2 is 1.76 bits per heavy atom. The Morgan fingerprint density at radius 3 is 2.38 bits per heavy atom. The van der Waals surface area contributed by atoms with Crippen molar-refractivity contribution >= 4 is 23.4 Å². The van der Waals surface area contributed by atoms with Gasteiger partial charge in [0, 0.05) is 18.5 Å². The Labute approximate surface area is 175 Å². The molecular formula is C22H26N4O2S. The van der Waals surface area contributed by atoms with Crippen molar-refractivity contribution in [3.8, 4) is 5.69 Å². The van der Waals surface area contributed by atoms with Crippen LogP contribution in [0.15, 0.2) is 59.8 Å². The fourth-order valence-electron chi connectivity index (χ4n) is 2.83. The number of hydrogen-bond acceptors (Lipinski definition) is 5. The van der Waals surface area contributed by atoms with E-state index in [0.717, 1.165) is 11.4 Å². The molecule has 7 heteroatoms. The lowest BCUT2D eigenvalue weighted by Gasteiger charge is -2.19. The topological polar surface area (TPSA) is 69.0 Å². The highest BCUT2D eigenvalue weighted by Gasteiger charge is 2.16. The first-order chi connectivity index (χ1) is 13.9. The van der Waals surface area contributed by atoms with E-state index in [9.17, 15) is 4.79 Å². The van der Waals surface area contributed by atoms with Gasteiger partial charge in [-0.1, -0.05) is 62.9 Å². The van der Waals surface area contributed by atoms with Gasteiger partial charge < -0.3 is 10.1 Å². The Balaban J connectivity index is 1.67. The second-order valence-electron chi connectivity index (χ2n) is 7.67. The normalized spacial score (nSPS) is 11.4. The number of aromatic nitrogens is 3. The molecule has 0 bridgehead atoms. The molecule has 29 heavy (non-hydrogen) atoms. The molecule has 0 unspecified atom stereocenters. The summed E-state index contributed by atoms with van der Waals surface area (Å²) < 4.78 is 7.15. The molecule has 0 saturated carbocycles. The van der Waals surface area contributed by atoms with Crippen molar-refractivity contribution in [3.05, 3.63) is 66.0 Å². The van der Waals surface area contributed by atoms with Crippen LogP contribution in [0.5, 0.6) is 0 Å². The van der Waals surface area contributed by atoms with Crippen molar-refractivity contribution in [2.24, 2.45) is 0 Å². The van der Waals surface area contributed by atoms with Gasteiger partial charge in [-0.2, -0.15) is 0 Å². The van der Waals surface area contributed by atoms with Gasteiger partial charge in [0.05, 0.1) is 5.75 Å². The van der Waals surface area contributed by atoms with Gasteiger partial charge >= 0.3 is 0 Å². The molecule has 152 valence electrons. The first-order valence-electron chi connectivity index (χ1n) is 9.40. The van der Waals surface area contributed by atoms with Gasteiger partial charge in [-0.25, -0.2) is 0 Å². The monoisotopic (exact) mass is 410 g/mol. The van der Waals surface area contributed by atoms with Crippen molar-refractivity contribution in [1.29, 1.82) is 0 Å². The van der Waals surface area contributed by atoms with Crippen molar-refractivity contribution in [3.63, 3.8) is 0 Å². The summed E-state index contributed by atoms with van der Waals surface area (Å²) in [5.41, 5.74) is 3.03. The zero-order valence-corrected chi connectivity index (χ0v) is 18.0. The number of nitrogens with zero attached hydrogens (tertiary/aromatic N) is 3. The van der Waals surface area contributed by atoms with E-state index in [4.69, 9.17) is 4.74 Å². The second-order valence-corrected chi connectivity index (χ2v) is 8.61. The van der Waals surface area contributed by atoms with E-state index in [1.54, 1.807) is 7.11 Å². The lowest BCUT2D eigenvalue weighted by Crippen LogP contribution is -2.15. The third kappa shape index (κ3) is 5.46. The number of ether oxygens (including phenoxy) is 1. The number of methoxy groups -OCH3 is 1. The largest absolute Gasteiger partial charge is 0.377 e. The zero-order valence-electron chi connectivity index (χ0n) is 17.2. The standard InChI is InChI=1S/C22H26N4O2S/c1-22(2,3)16-10-12-17(13-11-16)23-20(27)15-29-21-25-24-19(14-28-4)26(21)18-8-6-5-7-9-18/h5-13H,14-15H2,1-4H3,(H,23,27). The van der Waals surface area contributed by atoms with Crippen LogP contribution in [-0.4, -0.2) is 33.5 Å². The molecule has 2 aromatic carbocycles. The molecule has 6 nitrogen and oxygen atoms in total. The average molecular weight is 411 g/mol. The van der Waals surface area contributed by atoms with Crippen LogP contribution in [0.3, 0.4) is 0 Å². The lowest BCUT2D eigenvalue weighted by atomic mass is 9.87. The minimum Gasteiger partial charge on any atom is -0.377 e. The Bertz CT molecular complexity index is 947.